The number of rotatable bonds is 6. The molecule has 3 saturated carbocycles. The number of likely N-dealkylation sites (tertiary alicyclic amines) is 2. The molecule has 3 aliphatic carbocycles. The molecule has 5 fully saturated rings. The maximum absolute atomic E-state index is 14.1. The van der Waals surface area contributed by atoms with E-state index in [1.165, 1.54) is 25.7 Å². The zero-order valence-electron chi connectivity index (χ0n) is 21.4. The van der Waals surface area contributed by atoms with Crippen LogP contribution in [0.1, 0.15) is 96.3 Å². The number of fused-ring (bicyclic) bond motifs is 2. The molecule has 0 aromatic rings. The highest BCUT2D eigenvalue weighted by Crippen LogP contribution is 2.44. The molecule has 0 aromatic carbocycles. The van der Waals surface area contributed by atoms with Crippen molar-refractivity contribution in [2.24, 2.45) is 23.5 Å². The lowest BCUT2D eigenvalue weighted by atomic mass is 9.77. The molecular weight excluding hydrogens is 460 g/mol. The van der Waals surface area contributed by atoms with Crippen molar-refractivity contribution in [3.8, 4) is 0 Å². The number of carbonyl (C=O) groups excluding carboxylic acids is 1. The fraction of sp³-hybridized carbons (Fsp3) is 0.926. The second kappa shape index (κ2) is 10.7. The first-order valence-corrected chi connectivity index (χ1v) is 16.2. The van der Waals surface area contributed by atoms with Crippen molar-refractivity contribution in [2.45, 2.75) is 120 Å². The van der Waals surface area contributed by atoms with Gasteiger partial charge in [-0.3, -0.25) is 15.1 Å². The fourth-order valence-electron chi connectivity index (χ4n) is 8.30. The van der Waals surface area contributed by atoms with Gasteiger partial charge >= 0.3 is 0 Å². The van der Waals surface area contributed by atoms with Crippen LogP contribution in [0.5, 0.6) is 0 Å². The maximum atomic E-state index is 14.1. The summed E-state index contributed by atoms with van der Waals surface area (Å²) in [5.74, 6) is 1.76. The Kier molecular flexibility index (Phi) is 7.78. The number of hydrogen-bond acceptors (Lipinski definition) is 5. The third kappa shape index (κ3) is 5.29. The second-order valence-corrected chi connectivity index (χ2v) is 14.6. The van der Waals surface area contributed by atoms with E-state index in [1.54, 1.807) is 0 Å². The van der Waals surface area contributed by atoms with E-state index in [9.17, 15) is 13.2 Å². The zero-order chi connectivity index (χ0) is 24.6. The Morgan fingerprint density at radius 2 is 1.54 bits per heavy atom. The van der Waals surface area contributed by atoms with Gasteiger partial charge < -0.3 is 10.6 Å². The van der Waals surface area contributed by atoms with Gasteiger partial charge in [0, 0.05) is 31.1 Å². The van der Waals surface area contributed by atoms with Crippen LogP contribution in [-0.4, -0.2) is 72.2 Å². The summed E-state index contributed by atoms with van der Waals surface area (Å²) in [7, 11) is -3.17. The Hall–Kier alpha value is -1.15. The quantitative estimate of drug-likeness (QED) is 0.422. The summed E-state index contributed by atoms with van der Waals surface area (Å²) in [6.45, 7) is 1.30. The number of piperidine rings is 1. The van der Waals surface area contributed by atoms with Gasteiger partial charge in [-0.2, -0.15) is 0 Å². The van der Waals surface area contributed by atoms with E-state index < -0.39 is 9.84 Å². The van der Waals surface area contributed by atoms with Gasteiger partial charge in [0.05, 0.1) is 22.9 Å². The Labute approximate surface area is 212 Å². The van der Waals surface area contributed by atoms with E-state index in [2.05, 4.69) is 9.80 Å². The van der Waals surface area contributed by atoms with Gasteiger partial charge in [-0.25, -0.2) is 8.42 Å². The van der Waals surface area contributed by atoms with Gasteiger partial charge in [-0.15, -0.1) is 0 Å². The highest BCUT2D eigenvalue weighted by atomic mass is 32.2. The predicted octanol–water partition coefficient (Wildman–Crippen LogP) is 3.71. The molecule has 0 aromatic heterocycles. The van der Waals surface area contributed by atoms with Gasteiger partial charge in [0.2, 0.25) is 5.91 Å². The topological polar surface area (TPSA) is 108 Å². The average Bonchev–Trinajstić information content (AvgIpc) is 3.25. The Balaban J connectivity index is 1.35. The summed E-state index contributed by atoms with van der Waals surface area (Å²) in [6.07, 6.45) is 15.5. The molecule has 0 radical (unpaired) electrons. The summed E-state index contributed by atoms with van der Waals surface area (Å²) in [4.78, 5) is 18.6. The Bertz CT molecular complexity index is 885. The van der Waals surface area contributed by atoms with Crippen molar-refractivity contribution in [3.63, 3.8) is 0 Å². The van der Waals surface area contributed by atoms with Crippen LogP contribution in [0.2, 0.25) is 0 Å². The SMILES string of the molecule is N=C(N)C1CCC2CC(C(=O)N3CCCC4CCCCC43)N(CCS(=O)(=O)C3CCCCC3)C2C1. The standard InChI is InChI=1S/C27H46N4O3S/c28-26(29)21-13-12-20-17-25(27(32)31-14-6-8-19-7-4-5-11-23(19)31)30(24(20)18-21)15-16-35(33,34)22-9-2-1-3-10-22/h19-25H,1-18H2,(H3,28,29). The molecule has 2 saturated heterocycles. The second-order valence-electron chi connectivity index (χ2n) is 12.2. The van der Waals surface area contributed by atoms with Crippen LogP contribution in [-0.2, 0) is 14.6 Å². The van der Waals surface area contributed by atoms with E-state index in [4.69, 9.17) is 11.1 Å². The van der Waals surface area contributed by atoms with E-state index in [1.807, 2.05) is 0 Å². The fourth-order valence-corrected chi connectivity index (χ4v) is 10.2. The van der Waals surface area contributed by atoms with Crippen LogP contribution in [0.4, 0.5) is 0 Å². The molecule has 5 aliphatic rings. The molecule has 7 nitrogen and oxygen atoms in total. The summed E-state index contributed by atoms with van der Waals surface area (Å²) >= 11 is 0. The third-order valence-corrected chi connectivity index (χ3v) is 12.5. The molecule has 6 atom stereocenters. The minimum atomic E-state index is -3.17. The molecule has 5 rings (SSSR count). The molecule has 2 aliphatic heterocycles. The van der Waals surface area contributed by atoms with E-state index in [0.717, 1.165) is 77.2 Å². The molecule has 6 unspecified atom stereocenters. The highest BCUT2D eigenvalue weighted by Gasteiger charge is 2.50. The molecule has 3 N–H and O–H groups in total. The number of carbonyl (C=O) groups is 1. The van der Waals surface area contributed by atoms with Crippen LogP contribution in [0.3, 0.4) is 0 Å². The van der Waals surface area contributed by atoms with Gasteiger partial charge in [0.15, 0.2) is 9.84 Å². The Morgan fingerprint density at radius 1 is 0.829 bits per heavy atom. The van der Waals surface area contributed by atoms with Gasteiger partial charge in [0.25, 0.3) is 0 Å². The smallest absolute Gasteiger partial charge is 0.240 e. The van der Waals surface area contributed by atoms with Crippen molar-refractivity contribution < 1.29 is 13.2 Å². The molecule has 198 valence electrons. The Morgan fingerprint density at radius 3 is 2.31 bits per heavy atom. The van der Waals surface area contributed by atoms with Crippen molar-refractivity contribution in [1.29, 1.82) is 5.41 Å². The molecule has 8 heteroatoms. The lowest BCUT2D eigenvalue weighted by molar-refractivity contribution is -0.143. The minimum Gasteiger partial charge on any atom is -0.387 e. The van der Waals surface area contributed by atoms with Crippen molar-refractivity contribution in [1.82, 2.24) is 9.80 Å². The summed E-state index contributed by atoms with van der Waals surface area (Å²) < 4.78 is 26.5. The van der Waals surface area contributed by atoms with Gasteiger partial charge in [0.1, 0.15) is 0 Å². The largest absolute Gasteiger partial charge is 0.387 e. The van der Waals surface area contributed by atoms with Crippen LogP contribution in [0, 0.1) is 23.2 Å². The molecule has 2 heterocycles. The molecule has 35 heavy (non-hydrogen) atoms. The van der Waals surface area contributed by atoms with Crippen molar-refractivity contribution >= 4 is 21.6 Å². The molecule has 0 spiro atoms. The molecule has 1 amide bonds. The summed E-state index contributed by atoms with van der Waals surface area (Å²) in [6, 6.07) is 0.337. The van der Waals surface area contributed by atoms with Crippen molar-refractivity contribution in [3.05, 3.63) is 0 Å². The minimum absolute atomic E-state index is 0.0558. The van der Waals surface area contributed by atoms with Crippen LogP contribution in [0.25, 0.3) is 0 Å². The summed E-state index contributed by atoms with van der Waals surface area (Å²) in [5.41, 5.74) is 5.91. The number of amidine groups is 1. The average molecular weight is 507 g/mol. The number of sulfone groups is 1. The first-order valence-electron chi connectivity index (χ1n) is 14.5. The first kappa shape index (κ1) is 25.5. The van der Waals surface area contributed by atoms with Crippen molar-refractivity contribution in [2.75, 3.05) is 18.8 Å². The third-order valence-electron chi connectivity index (χ3n) is 10.3. The first-order chi connectivity index (χ1) is 16.8. The zero-order valence-corrected chi connectivity index (χ0v) is 22.2. The predicted molar refractivity (Wildman–Crippen MR) is 139 cm³/mol. The normalized spacial score (nSPS) is 37.0. The number of nitrogens with two attached hydrogens (primary N) is 1. The number of nitrogens with one attached hydrogen (secondary N) is 1. The number of hydrogen-bond donors (Lipinski definition) is 2. The lowest BCUT2D eigenvalue weighted by Crippen LogP contribution is -2.56. The molecular formula is C27H46N4O3S. The number of amides is 1. The highest BCUT2D eigenvalue weighted by molar-refractivity contribution is 7.92. The monoisotopic (exact) mass is 506 g/mol. The maximum Gasteiger partial charge on any atom is 0.240 e. The summed E-state index contributed by atoms with van der Waals surface area (Å²) in [5, 5.41) is 7.82. The van der Waals surface area contributed by atoms with Crippen LogP contribution < -0.4 is 5.73 Å². The van der Waals surface area contributed by atoms with Gasteiger partial charge in [-0.05, 0) is 76.0 Å². The lowest BCUT2D eigenvalue weighted by Gasteiger charge is -2.46. The molecule has 0 bridgehead atoms. The number of nitrogens with zero attached hydrogens (tertiary/aromatic N) is 2. The van der Waals surface area contributed by atoms with E-state index in [0.29, 0.717) is 24.4 Å². The van der Waals surface area contributed by atoms with Gasteiger partial charge in [-0.1, -0.05) is 32.1 Å². The van der Waals surface area contributed by atoms with Crippen LogP contribution >= 0.6 is 0 Å². The van der Waals surface area contributed by atoms with E-state index in [-0.39, 0.29) is 40.7 Å². The van der Waals surface area contributed by atoms with Crippen LogP contribution in [0.15, 0.2) is 0 Å². The van der Waals surface area contributed by atoms with E-state index >= 15 is 0 Å².